The zero-order valence-electron chi connectivity index (χ0n) is 12.5. The summed E-state index contributed by atoms with van der Waals surface area (Å²) in [7, 11) is 0. The van der Waals surface area contributed by atoms with Crippen molar-refractivity contribution in [2.75, 3.05) is 18.5 Å². The van der Waals surface area contributed by atoms with Crippen molar-refractivity contribution in [2.45, 2.75) is 44.9 Å². The van der Waals surface area contributed by atoms with Crippen molar-refractivity contribution in [2.24, 2.45) is 0 Å². The van der Waals surface area contributed by atoms with E-state index < -0.39 is 0 Å². The molecule has 1 aliphatic heterocycles. The number of rotatable bonds is 7. The lowest BCUT2D eigenvalue weighted by molar-refractivity contribution is -0.0643. The Morgan fingerprint density at radius 2 is 2.41 bits per heavy atom. The van der Waals surface area contributed by atoms with E-state index in [9.17, 15) is 0 Å². The highest BCUT2D eigenvalue weighted by atomic mass is 32.1. The van der Waals surface area contributed by atoms with E-state index in [1.54, 1.807) is 22.7 Å². The van der Waals surface area contributed by atoms with Gasteiger partial charge in [-0.05, 0) is 12.8 Å². The number of nitrogens with zero attached hydrogens (tertiary/aromatic N) is 3. The molecule has 120 valence electrons. The van der Waals surface area contributed by atoms with Gasteiger partial charge in [0, 0.05) is 18.4 Å². The lowest BCUT2D eigenvalue weighted by atomic mass is 10.1. The number of thiazole rings is 1. The highest BCUT2D eigenvalue weighted by Gasteiger charge is 2.27. The summed E-state index contributed by atoms with van der Waals surface area (Å²) < 4.78 is 11.5. The summed E-state index contributed by atoms with van der Waals surface area (Å²) in [6.45, 7) is 4.01. The van der Waals surface area contributed by atoms with Crippen LogP contribution in [-0.2, 0) is 22.5 Å². The summed E-state index contributed by atoms with van der Waals surface area (Å²) in [4.78, 5) is 4.25. The molecule has 0 radical (unpaired) electrons. The van der Waals surface area contributed by atoms with Gasteiger partial charge in [-0.2, -0.15) is 0 Å². The molecule has 0 aliphatic carbocycles. The van der Waals surface area contributed by atoms with Gasteiger partial charge in [-0.3, -0.25) is 0 Å². The van der Waals surface area contributed by atoms with Crippen molar-refractivity contribution in [3.05, 3.63) is 21.6 Å². The van der Waals surface area contributed by atoms with E-state index in [0.717, 1.165) is 41.7 Å². The number of aryl methyl sites for hydroxylation is 1. The van der Waals surface area contributed by atoms with Crippen molar-refractivity contribution in [3.8, 4) is 0 Å². The van der Waals surface area contributed by atoms with Crippen LogP contribution < -0.4 is 5.32 Å². The quantitative estimate of drug-likeness (QED) is 0.836. The molecule has 2 aromatic rings. The molecule has 22 heavy (non-hydrogen) atoms. The molecule has 3 rings (SSSR count). The van der Waals surface area contributed by atoms with Gasteiger partial charge in [0.25, 0.3) is 0 Å². The van der Waals surface area contributed by atoms with Gasteiger partial charge in [0.15, 0.2) is 0 Å². The molecule has 0 bridgehead atoms. The van der Waals surface area contributed by atoms with Gasteiger partial charge in [0.05, 0.1) is 30.5 Å². The topological polar surface area (TPSA) is 69.2 Å². The van der Waals surface area contributed by atoms with Crippen molar-refractivity contribution in [3.63, 3.8) is 0 Å². The fourth-order valence-electron chi connectivity index (χ4n) is 2.33. The van der Waals surface area contributed by atoms with E-state index >= 15 is 0 Å². The largest absolute Gasteiger partial charge is 0.379 e. The molecule has 2 atom stereocenters. The van der Waals surface area contributed by atoms with Crippen LogP contribution in [0, 0.1) is 0 Å². The molecular weight excluding hydrogens is 320 g/mol. The maximum Gasteiger partial charge on any atom is 0.205 e. The summed E-state index contributed by atoms with van der Waals surface area (Å²) in [5.74, 6) is 0. The zero-order valence-corrected chi connectivity index (χ0v) is 14.2. The molecule has 0 spiro atoms. The zero-order chi connectivity index (χ0) is 15.2. The minimum absolute atomic E-state index is 0.00831. The first-order valence-corrected chi connectivity index (χ1v) is 9.26. The standard InChI is InChI=1S/C14H20N4O2S2/c1-2-3-13-17-18-14(22-13)16-11-4-5-19-7-12(11)20-6-10-8-21-9-15-10/h8-9,11-12H,2-7H2,1H3,(H,16,18)/t11-,12-/m1/s1. The van der Waals surface area contributed by atoms with E-state index in [1.807, 2.05) is 10.9 Å². The van der Waals surface area contributed by atoms with E-state index in [4.69, 9.17) is 9.47 Å². The number of aromatic nitrogens is 3. The van der Waals surface area contributed by atoms with E-state index in [-0.39, 0.29) is 12.1 Å². The van der Waals surface area contributed by atoms with Gasteiger partial charge in [0.2, 0.25) is 5.13 Å². The molecule has 0 unspecified atom stereocenters. The lowest BCUT2D eigenvalue weighted by Gasteiger charge is -2.31. The first-order chi connectivity index (χ1) is 10.8. The summed E-state index contributed by atoms with van der Waals surface area (Å²) in [5.41, 5.74) is 2.79. The van der Waals surface area contributed by atoms with Gasteiger partial charge >= 0.3 is 0 Å². The molecule has 1 fully saturated rings. The Morgan fingerprint density at radius 3 is 3.23 bits per heavy atom. The van der Waals surface area contributed by atoms with Crippen LogP contribution in [0.3, 0.4) is 0 Å². The normalized spacial score (nSPS) is 21.9. The maximum absolute atomic E-state index is 5.98. The second kappa shape index (κ2) is 7.96. The van der Waals surface area contributed by atoms with Crippen LogP contribution in [0.25, 0.3) is 0 Å². The molecular formula is C14H20N4O2S2. The Hall–Kier alpha value is -1.09. The number of hydrogen-bond acceptors (Lipinski definition) is 8. The molecule has 6 nitrogen and oxygen atoms in total. The van der Waals surface area contributed by atoms with Gasteiger partial charge in [-0.25, -0.2) is 4.98 Å². The van der Waals surface area contributed by atoms with Crippen LogP contribution in [0.2, 0.25) is 0 Å². The molecule has 1 N–H and O–H groups in total. The summed E-state index contributed by atoms with van der Waals surface area (Å²) in [5, 5.41) is 15.9. The van der Waals surface area contributed by atoms with Crippen LogP contribution >= 0.6 is 22.7 Å². The van der Waals surface area contributed by atoms with Crippen molar-refractivity contribution < 1.29 is 9.47 Å². The predicted molar refractivity (Wildman–Crippen MR) is 87.4 cm³/mol. The maximum atomic E-state index is 5.98. The molecule has 0 saturated carbocycles. The number of ether oxygens (including phenoxy) is 2. The van der Waals surface area contributed by atoms with E-state index in [0.29, 0.717) is 13.2 Å². The molecule has 8 heteroatoms. The first-order valence-electron chi connectivity index (χ1n) is 7.50. The van der Waals surface area contributed by atoms with Crippen LogP contribution in [0.15, 0.2) is 10.9 Å². The third-order valence-corrected chi connectivity index (χ3v) is 5.02. The Kier molecular flexibility index (Phi) is 5.71. The lowest BCUT2D eigenvalue weighted by Crippen LogP contribution is -2.43. The molecule has 0 amide bonds. The number of anilines is 1. The van der Waals surface area contributed by atoms with E-state index in [1.165, 1.54) is 0 Å². The van der Waals surface area contributed by atoms with E-state index in [2.05, 4.69) is 27.4 Å². The predicted octanol–water partition coefficient (Wildman–Crippen LogP) is 2.73. The summed E-state index contributed by atoms with van der Waals surface area (Å²) in [6, 6.07) is 0.204. The third-order valence-electron chi connectivity index (χ3n) is 3.47. The molecule has 0 aromatic carbocycles. The number of hydrogen-bond donors (Lipinski definition) is 1. The fraction of sp³-hybridized carbons (Fsp3) is 0.643. The molecule has 2 aromatic heterocycles. The number of nitrogens with one attached hydrogen (secondary N) is 1. The molecule has 1 aliphatic rings. The smallest absolute Gasteiger partial charge is 0.205 e. The van der Waals surface area contributed by atoms with Gasteiger partial charge in [-0.1, -0.05) is 18.3 Å². The Bertz CT molecular complexity index is 561. The minimum atomic E-state index is 0.00831. The molecule has 1 saturated heterocycles. The van der Waals surface area contributed by atoms with Gasteiger partial charge in [-0.15, -0.1) is 21.5 Å². The second-order valence-electron chi connectivity index (χ2n) is 5.19. The van der Waals surface area contributed by atoms with Crippen molar-refractivity contribution >= 4 is 27.8 Å². The van der Waals surface area contributed by atoms with Crippen molar-refractivity contribution in [1.29, 1.82) is 0 Å². The highest BCUT2D eigenvalue weighted by Crippen LogP contribution is 2.22. The third kappa shape index (κ3) is 4.22. The average molecular weight is 340 g/mol. The highest BCUT2D eigenvalue weighted by molar-refractivity contribution is 7.15. The first kappa shape index (κ1) is 15.8. The monoisotopic (exact) mass is 340 g/mol. The van der Waals surface area contributed by atoms with Crippen LogP contribution in [0.5, 0.6) is 0 Å². The Labute approximate surface area is 137 Å². The fourth-order valence-corrected chi connectivity index (χ4v) is 3.77. The Balaban J connectivity index is 1.56. The van der Waals surface area contributed by atoms with Crippen LogP contribution in [-0.4, -0.2) is 40.5 Å². The SMILES string of the molecule is CCCc1nnc(N[C@@H]2CCOC[C@H]2OCc2cscn2)s1. The minimum Gasteiger partial charge on any atom is -0.379 e. The molecule has 3 heterocycles. The van der Waals surface area contributed by atoms with Gasteiger partial charge in [0.1, 0.15) is 11.1 Å². The van der Waals surface area contributed by atoms with Crippen LogP contribution in [0.1, 0.15) is 30.5 Å². The Morgan fingerprint density at radius 1 is 1.45 bits per heavy atom. The summed E-state index contributed by atoms with van der Waals surface area (Å²) in [6.07, 6.45) is 2.99. The van der Waals surface area contributed by atoms with Gasteiger partial charge < -0.3 is 14.8 Å². The summed E-state index contributed by atoms with van der Waals surface area (Å²) >= 11 is 3.21. The van der Waals surface area contributed by atoms with Crippen molar-refractivity contribution in [1.82, 2.24) is 15.2 Å². The van der Waals surface area contributed by atoms with Crippen LogP contribution in [0.4, 0.5) is 5.13 Å². The average Bonchev–Trinajstić information content (AvgIpc) is 3.19. The second-order valence-corrected chi connectivity index (χ2v) is 6.98.